The van der Waals surface area contributed by atoms with Gasteiger partial charge >= 0.3 is 0 Å². The van der Waals surface area contributed by atoms with E-state index < -0.39 is 0 Å². The van der Waals surface area contributed by atoms with E-state index in [2.05, 4.69) is 12.2 Å². The zero-order valence-electron chi connectivity index (χ0n) is 12.6. The maximum Gasteiger partial charge on any atom is 0.251 e. The smallest absolute Gasteiger partial charge is 0.251 e. The number of rotatable bonds is 6. The molecule has 4 heteroatoms. The summed E-state index contributed by atoms with van der Waals surface area (Å²) in [6, 6.07) is 7.37. The molecule has 1 aromatic rings. The van der Waals surface area contributed by atoms with Gasteiger partial charge in [0.2, 0.25) is 0 Å². The lowest BCUT2D eigenvalue weighted by Crippen LogP contribution is -2.31. The summed E-state index contributed by atoms with van der Waals surface area (Å²) in [5.41, 5.74) is 0.662. The number of ether oxygens (including phenoxy) is 1. The van der Waals surface area contributed by atoms with Crippen LogP contribution in [-0.4, -0.2) is 24.4 Å². The largest absolute Gasteiger partial charge is 0.494 e. The molecule has 2 rings (SSSR count). The molecule has 1 saturated carbocycles. The van der Waals surface area contributed by atoms with Crippen LogP contribution >= 0.6 is 11.6 Å². The Bertz CT molecular complexity index is 456. The molecule has 0 saturated heterocycles. The number of carbonyl (C=O) groups excluding carboxylic acids is 1. The van der Waals surface area contributed by atoms with E-state index in [-0.39, 0.29) is 5.91 Å². The van der Waals surface area contributed by atoms with Gasteiger partial charge in [-0.05, 0) is 56.2 Å². The molecule has 0 bridgehead atoms. The van der Waals surface area contributed by atoms with E-state index in [4.69, 9.17) is 16.3 Å². The van der Waals surface area contributed by atoms with Gasteiger partial charge < -0.3 is 10.1 Å². The lowest BCUT2D eigenvalue weighted by atomic mass is 9.89. The molecule has 0 atom stereocenters. The van der Waals surface area contributed by atoms with Crippen molar-refractivity contribution in [3.63, 3.8) is 0 Å². The third-order valence-corrected chi connectivity index (χ3v) is 4.33. The molecule has 0 heterocycles. The van der Waals surface area contributed by atoms with Gasteiger partial charge in [-0.1, -0.05) is 13.0 Å². The van der Waals surface area contributed by atoms with Crippen molar-refractivity contribution in [3.05, 3.63) is 29.8 Å². The first-order chi connectivity index (χ1) is 10.2. The normalized spacial score (nSPS) is 21.8. The van der Waals surface area contributed by atoms with Gasteiger partial charge in [-0.25, -0.2) is 0 Å². The number of nitrogens with one attached hydrogen (secondary N) is 1. The van der Waals surface area contributed by atoms with Gasteiger partial charge in [0.05, 0.1) is 6.61 Å². The number of benzene rings is 1. The second-order valence-corrected chi connectivity index (χ2v) is 6.32. The van der Waals surface area contributed by atoms with Gasteiger partial charge in [0.25, 0.3) is 5.91 Å². The minimum absolute atomic E-state index is 0.0232. The summed E-state index contributed by atoms with van der Waals surface area (Å²) < 4.78 is 5.56. The van der Waals surface area contributed by atoms with Gasteiger partial charge in [-0.2, -0.15) is 0 Å². The van der Waals surface area contributed by atoms with E-state index in [0.29, 0.717) is 23.5 Å². The molecule has 0 spiro atoms. The maximum absolute atomic E-state index is 12.2. The van der Waals surface area contributed by atoms with Crippen LogP contribution in [0, 0.1) is 5.92 Å². The summed E-state index contributed by atoms with van der Waals surface area (Å²) >= 11 is 6.10. The first-order valence-corrected chi connectivity index (χ1v) is 8.27. The fraction of sp³-hybridized carbons (Fsp3) is 0.588. The minimum Gasteiger partial charge on any atom is -0.494 e. The van der Waals surface area contributed by atoms with Crippen molar-refractivity contribution in [1.82, 2.24) is 5.32 Å². The molecular formula is C17H24ClNO2. The Hall–Kier alpha value is -1.22. The molecular weight excluding hydrogens is 286 g/mol. The molecule has 1 N–H and O–H groups in total. The third kappa shape index (κ3) is 5.24. The Kier molecular flexibility index (Phi) is 6.37. The molecule has 21 heavy (non-hydrogen) atoms. The Morgan fingerprint density at radius 2 is 2.10 bits per heavy atom. The highest BCUT2D eigenvalue weighted by Gasteiger charge is 2.20. The fourth-order valence-corrected chi connectivity index (χ4v) is 2.86. The summed E-state index contributed by atoms with van der Waals surface area (Å²) in [5.74, 6) is 1.29. The molecule has 0 aromatic heterocycles. The minimum atomic E-state index is -0.0232. The number of halogens is 1. The monoisotopic (exact) mass is 309 g/mol. The molecule has 0 aliphatic heterocycles. The Morgan fingerprint density at radius 1 is 1.33 bits per heavy atom. The topological polar surface area (TPSA) is 38.3 Å². The summed E-state index contributed by atoms with van der Waals surface area (Å²) in [5, 5.41) is 3.35. The van der Waals surface area contributed by atoms with Crippen molar-refractivity contribution in [3.8, 4) is 5.75 Å². The van der Waals surface area contributed by atoms with Gasteiger partial charge in [0.15, 0.2) is 0 Å². The van der Waals surface area contributed by atoms with Crippen LogP contribution in [0.4, 0.5) is 0 Å². The highest BCUT2D eigenvalue weighted by molar-refractivity contribution is 6.20. The number of hydrogen-bond acceptors (Lipinski definition) is 2. The first kappa shape index (κ1) is 16.2. The lowest BCUT2D eigenvalue weighted by Gasteiger charge is -2.25. The van der Waals surface area contributed by atoms with Gasteiger partial charge in [-0.15, -0.1) is 11.6 Å². The van der Waals surface area contributed by atoms with E-state index in [0.717, 1.165) is 44.4 Å². The standard InChI is InChI=1S/C17H24ClNO2/c1-2-10-21-16-5-3-4-14(11-16)17(20)19-12-13-6-8-15(18)9-7-13/h3-5,11,13,15H,2,6-10,12H2,1H3,(H,19,20). The van der Waals surface area contributed by atoms with Crippen molar-refractivity contribution >= 4 is 17.5 Å². The summed E-state index contributed by atoms with van der Waals surface area (Å²) in [7, 11) is 0. The molecule has 0 radical (unpaired) electrons. The van der Waals surface area contributed by atoms with Crippen LogP contribution in [0.3, 0.4) is 0 Å². The average Bonchev–Trinajstić information content (AvgIpc) is 2.52. The van der Waals surface area contributed by atoms with Crippen molar-refractivity contribution in [2.75, 3.05) is 13.2 Å². The maximum atomic E-state index is 12.2. The first-order valence-electron chi connectivity index (χ1n) is 7.84. The second-order valence-electron chi connectivity index (χ2n) is 5.70. The molecule has 1 fully saturated rings. The number of hydrogen-bond donors (Lipinski definition) is 1. The van der Waals surface area contributed by atoms with Crippen LogP contribution in [-0.2, 0) is 0 Å². The van der Waals surface area contributed by atoms with E-state index in [1.54, 1.807) is 6.07 Å². The van der Waals surface area contributed by atoms with Crippen LogP contribution in [0.1, 0.15) is 49.4 Å². The molecule has 1 amide bonds. The summed E-state index contributed by atoms with van der Waals surface area (Å²) in [6.07, 6.45) is 5.28. The van der Waals surface area contributed by atoms with Crippen LogP contribution in [0.15, 0.2) is 24.3 Å². The SMILES string of the molecule is CCCOc1cccc(C(=O)NCC2CCC(Cl)CC2)c1. The third-order valence-electron chi connectivity index (χ3n) is 3.90. The highest BCUT2D eigenvalue weighted by atomic mass is 35.5. The molecule has 116 valence electrons. The van der Waals surface area contributed by atoms with Crippen molar-refractivity contribution in [1.29, 1.82) is 0 Å². The Morgan fingerprint density at radius 3 is 2.81 bits per heavy atom. The predicted molar refractivity (Wildman–Crippen MR) is 86.2 cm³/mol. The van der Waals surface area contributed by atoms with Crippen LogP contribution in [0.25, 0.3) is 0 Å². The number of carbonyl (C=O) groups is 1. The van der Waals surface area contributed by atoms with Gasteiger partial charge in [0.1, 0.15) is 5.75 Å². The molecule has 1 aromatic carbocycles. The molecule has 3 nitrogen and oxygen atoms in total. The lowest BCUT2D eigenvalue weighted by molar-refractivity contribution is 0.0943. The highest BCUT2D eigenvalue weighted by Crippen LogP contribution is 2.27. The molecule has 1 aliphatic rings. The van der Waals surface area contributed by atoms with E-state index in [1.807, 2.05) is 18.2 Å². The van der Waals surface area contributed by atoms with Crippen molar-refractivity contribution < 1.29 is 9.53 Å². The Balaban J connectivity index is 1.82. The van der Waals surface area contributed by atoms with Gasteiger partial charge in [0, 0.05) is 17.5 Å². The summed E-state index contributed by atoms with van der Waals surface area (Å²) in [6.45, 7) is 3.47. The van der Waals surface area contributed by atoms with Crippen molar-refractivity contribution in [2.24, 2.45) is 5.92 Å². The van der Waals surface area contributed by atoms with Crippen LogP contribution < -0.4 is 10.1 Å². The number of alkyl halides is 1. The average molecular weight is 310 g/mol. The van der Waals surface area contributed by atoms with E-state index >= 15 is 0 Å². The zero-order valence-corrected chi connectivity index (χ0v) is 13.4. The molecule has 1 aliphatic carbocycles. The van der Waals surface area contributed by atoms with E-state index in [1.165, 1.54) is 0 Å². The second kappa shape index (κ2) is 8.28. The quantitative estimate of drug-likeness (QED) is 0.807. The predicted octanol–water partition coefficient (Wildman–Crippen LogP) is 4.00. The van der Waals surface area contributed by atoms with Crippen LogP contribution in [0.5, 0.6) is 5.75 Å². The fourth-order valence-electron chi connectivity index (χ4n) is 2.61. The summed E-state index contributed by atoms with van der Waals surface area (Å²) in [4.78, 5) is 12.2. The zero-order chi connectivity index (χ0) is 15.1. The number of amides is 1. The van der Waals surface area contributed by atoms with Crippen molar-refractivity contribution in [2.45, 2.75) is 44.4 Å². The Labute approximate surface area is 132 Å². The van der Waals surface area contributed by atoms with E-state index in [9.17, 15) is 4.79 Å². The van der Waals surface area contributed by atoms with Crippen LogP contribution in [0.2, 0.25) is 0 Å². The van der Waals surface area contributed by atoms with Gasteiger partial charge in [-0.3, -0.25) is 4.79 Å². The molecule has 0 unspecified atom stereocenters.